The maximum Gasteiger partial charge on any atom is 0.164 e. The smallest absolute Gasteiger partial charge is 0.164 e. The Bertz CT molecular complexity index is 177. The van der Waals surface area contributed by atoms with Gasteiger partial charge in [0.25, 0.3) is 0 Å². The summed E-state index contributed by atoms with van der Waals surface area (Å²) in [5.74, 6) is 0. The van der Waals surface area contributed by atoms with Crippen LogP contribution in [0.3, 0.4) is 0 Å². The molecule has 116 valence electrons. The van der Waals surface area contributed by atoms with Gasteiger partial charge in [0.05, 0.1) is 0 Å². The Morgan fingerprint density at radius 2 is 1.47 bits per heavy atom. The number of aliphatic hydroxyl groups excluding tert-OH is 1. The van der Waals surface area contributed by atoms with E-state index >= 15 is 0 Å². The van der Waals surface area contributed by atoms with Crippen LogP contribution in [0.1, 0.15) is 71.6 Å². The number of hydrogen-bond acceptors (Lipinski definition) is 4. The number of rotatable bonds is 14. The molecule has 1 atom stereocenters. The molecule has 0 heterocycles. The van der Waals surface area contributed by atoms with Gasteiger partial charge in [0.1, 0.15) is 6.23 Å². The van der Waals surface area contributed by atoms with Crippen LogP contribution in [0.4, 0.5) is 0 Å². The summed E-state index contributed by atoms with van der Waals surface area (Å²) in [6.45, 7) is 5.18. The fourth-order valence-electron chi connectivity index (χ4n) is 2.02. The third-order valence-electron chi connectivity index (χ3n) is 3.22. The zero-order valence-corrected chi connectivity index (χ0v) is 12.7. The summed E-state index contributed by atoms with van der Waals surface area (Å²) >= 11 is 0. The highest BCUT2D eigenvalue weighted by molar-refractivity contribution is 4.54. The van der Waals surface area contributed by atoms with Crippen molar-refractivity contribution in [2.45, 2.75) is 84.2 Å². The maximum atomic E-state index is 8.76. The molecule has 3 N–H and O–H groups in total. The second-order valence-corrected chi connectivity index (χ2v) is 5.13. The minimum atomic E-state index is -1.30. The molecule has 0 aliphatic carbocycles. The van der Waals surface area contributed by atoms with Crippen LogP contribution in [0.5, 0.6) is 0 Å². The average Bonchev–Trinajstić information content (AvgIpc) is 2.40. The van der Waals surface area contributed by atoms with E-state index in [-0.39, 0.29) is 12.8 Å². The van der Waals surface area contributed by atoms with Crippen LogP contribution in [-0.4, -0.2) is 35.9 Å². The van der Waals surface area contributed by atoms with Crippen molar-refractivity contribution in [1.29, 1.82) is 0 Å². The predicted octanol–water partition coefficient (Wildman–Crippen LogP) is 2.78. The van der Waals surface area contributed by atoms with Crippen molar-refractivity contribution >= 4 is 0 Å². The van der Waals surface area contributed by atoms with Crippen LogP contribution >= 0.6 is 0 Å². The lowest BCUT2D eigenvalue weighted by molar-refractivity contribution is -0.0558. The summed E-state index contributed by atoms with van der Waals surface area (Å²) in [5, 5.41) is 20.5. The molecule has 0 spiro atoms. The molecule has 0 fully saturated rings. The SMILES string of the molecule is CCCCCCCCCCOC(CC)NCC(O)O. The Hall–Kier alpha value is -0.160. The van der Waals surface area contributed by atoms with Crippen LogP contribution < -0.4 is 5.32 Å². The first kappa shape index (κ1) is 18.8. The van der Waals surface area contributed by atoms with Gasteiger partial charge in [-0.3, -0.25) is 5.32 Å². The summed E-state index contributed by atoms with van der Waals surface area (Å²) in [6.07, 6.45) is 9.83. The van der Waals surface area contributed by atoms with E-state index in [2.05, 4.69) is 12.2 Å². The second kappa shape index (κ2) is 14.3. The minimum absolute atomic E-state index is 0.0636. The molecular formula is C15H33NO3. The fraction of sp³-hybridized carbons (Fsp3) is 1.00. The summed E-state index contributed by atoms with van der Waals surface area (Å²) in [5.41, 5.74) is 0. The first-order valence-corrected chi connectivity index (χ1v) is 7.91. The largest absolute Gasteiger partial charge is 0.367 e. The van der Waals surface area contributed by atoms with Crippen molar-refractivity contribution in [2.24, 2.45) is 0 Å². The monoisotopic (exact) mass is 275 g/mol. The molecule has 19 heavy (non-hydrogen) atoms. The van der Waals surface area contributed by atoms with Gasteiger partial charge in [0.2, 0.25) is 0 Å². The van der Waals surface area contributed by atoms with Crippen molar-refractivity contribution in [2.75, 3.05) is 13.2 Å². The van der Waals surface area contributed by atoms with Crippen LogP contribution in [-0.2, 0) is 4.74 Å². The second-order valence-electron chi connectivity index (χ2n) is 5.13. The minimum Gasteiger partial charge on any atom is -0.367 e. The highest BCUT2D eigenvalue weighted by atomic mass is 16.5. The molecule has 0 aliphatic heterocycles. The first-order chi connectivity index (χ1) is 9.20. The van der Waals surface area contributed by atoms with Gasteiger partial charge in [0.15, 0.2) is 6.29 Å². The quantitative estimate of drug-likeness (QED) is 0.337. The lowest BCUT2D eigenvalue weighted by Gasteiger charge is -2.18. The number of nitrogens with one attached hydrogen (secondary N) is 1. The maximum absolute atomic E-state index is 8.76. The molecule has 0 saturated heterocycles. The van der Waals surface area contributed by atoms with Gasteiger partial charge in [-0.25, -0.2) is 0 Å². The zero-order chi connectivity index (χ0) is 14.3. The Balaban J connectivity index is 3.26. The summed E-state index contributed by atoms with van der Waals surface area (Å²) in [4.78, 5) is 0. The van der Waals surface area contributed by atoms with Crippen LogP contribution in [0.15, 0.2) is 0 Å². The van der Waals surface area contributed by atoms with E-state index in [9.17, 15) is 0 Å². The predicted molar refractivity (Wildman–Crippen MR) is 78.9 cm³/mol. The van der Waals surface area contributed by atoms with E-state index in [1.165, 1.54) is 44.9 Å². The van der Waals surface area contributed by atoms with Gasteiger partial charge in [-0.05, 0) is 12.8 Å². The van der Waals surface area contributed by atoms with Crippen LogP contribution in [0.2, 0.25) is 0 Å². The van der Waals surface area contributed by atoms with Gasteiger partial charge in [0, 0.05) is 13.2 Å². The van der Waals surface area contributed by atoms with E-state index in [1.807, 2.05) is 6.92 Å². The fourth-order valence-corrected chi connectivity index (χ4v) is 2.02. The Labute approximate surface area is 118 Å². The van der Waals surface area contributed by atoms with Gasteiger partial charge in [-0.2, -0.15) is 0 Å². The lowest BCUT2D eigenvalue weighted by Crippen LogP contribution is -2.37. The standard InChI is InChI=1S/C15H33NO3/c1-3-5-6-7-8-9-10-11-12-19-14(4-2)16-13-15(17)18/h14-18H,3-13H2,1-2H3. The van der Waals surface area contributed by atoms with E-state index < -0.39 is 6.29 Å². The molecule has 0 amide bonds. The molecular weight excluding hydrogens is 242 g/mol. The summed E-state index contributed by atoms with van der Waals surface area (Å²) in [7, 11) is 0. The normalized spacial score (nSPS) is 13.1. The third kappa shape index (κ3) is 14.1. The molecule has 0 aromatic heterocycles. The van der Waals surface area contributed by atoms with Gasteiger partial charge in [-0.15, -0.1) is 0 Å². The number of unbranched alkanes of at least 4 members (excludes halogenated alkanes) is 7. The first-order valence-electron chi connectivity index (χ1n) is 7.91. The van der Waals surface area contributed by atoms with Crippen LogP contribution in [0, 0.1) is 0 Å². The topological polar surface area (TPSA) is 61.7 Å². The Morgan fingerprint density at radius 1 is 0.895 bits per heavy atom. The van der Waals surface area contributed by atoms with E-state index in [4.69, 9.17) is 14.9 Å². The molecule has 0 rings (SSSR count). The molecule has 0 aromatic rings. The van der Waals surface area contributed by atoms with Crippen molar-refractivity contribution in [1.82, 2.24) is 5.32 Å². The summed E-state index contributed by atoms with van der Waals surface area (Å²) in [6, 6.07) is 0. The van der Waals surface area contributed by atoms with Gasteiger partial charge >= 0.3 is 0 Å². The molecule has 0 aromatic carbocycles. The van der Waals surface area contributed by atoms with E-state index in [0.29, 0.717) is 0 Å². The van der Waals surface area contributed by atoms with Crippen molar-refractivity contribution < 1.29 is 14.9 Å². The molecule has 4 nitrogen and oxygen atoms in total. The van der Waals surface area contributed by atoms with Gasteiger partial charge in [-0.1, -0.05) is 58.8 Å². The molecule has 0 radical (unpaired) electrons. The van der Waals surface area contributed by atoms with E-state index in [1.54, 1.807) is 0 Å². The lowest BCUT2D eigenvalue weighted by atomic mass is 10.1. The Morgan fingerprint density at radius 3 is 2.00 bits per heavy atom. The third-order valence-corrected chi connectivity index (χ3v) is 3.22. The van der Waals surface area contributed by atoms with Crippen molar-refractivity contribution in [3.63, 3.8) is 0 Å². The van der Waals surface area contributed by atoms with Crippen molar-refractivity contribution in [3.8, 4) is 0 Å². The molecule has 4 heteroatoms. The number of ether oxygens (including phenoxy) is 1. The van der Waals surface area contributed by atoms with Gasteiger partial charge < -0.3 is 14.9 Å². The highest BCUT2D eigenvalue weighted by Crippen LogP contribution is 2.08. The van der Waals surface area contributed by atoms with Crippen molar-refractivity contribution in [3.05, 3.63) is 0 Å². The zero-order valence-electron chi connectivity index (χ0n) is 12.7. The van der Waals surface area contributed by atoms with E-state index in [0.717, 1.165) is 19.4 Å². The average molecular weight is 275 g/mol. The molecule has 0 bridgehead atoms. The molecule has 0 saturated carbocycles. The highest BCUT2D eigenvalue weighted by Gasteiger charge is 2.06. The number of hydrogen-bond donors (Lipinski definition) is 3. The Kier molecular flexibility index (Phi) is 14.1. The molecule has 1 unspecified atom stereocenters. The summed E-state index contributed by atoms with van der Waals surface area (Å²) < 4.78 is 5.65. The molecule has 0 aliphatic rings. The van der Waals surface area contributed by atoms with Crippen LogP contribution in [0.25, 0.3) is 0 Å². The number of aliphatic hydroxyl groups is 2.